The number of carbonyl (C=O) groups excluding carboxylic acids is 1. The molecule has 0 aromatic carbocycles. The third-order valence-corrected chi connectivity index (χ3v) is 2.68. The minimum absolute atomic E-state index is 0.0391. The highest BCUT2D eigenvalue weighted by Gasteiger charge is 2.29. The second-order valence-electron chi connectivity index (χ2n) is 3.68. The van der Waals surface area contributed by atoms with Gasteiger partial charge < -0.3 is 9.84 Å². The summed E-state index contributed by atoms with van der Waals surface area (Å²) in [6, 6.07) is 0. The molecule has 0 amide bonds. The molecule has 0 aromatic rings. The Hall–Kier alpha value is -0.830. The van der Waals surface area contributed by atoms with Crippen molar-refractivity contribution in [3.8, 4) is 0 Å². The summed E-state index contributed by atoms with van der Waals surface area (Å²) in [5, 5.41) is 9.73. The van der Waals surface area contributed by atoms with Crippen LogP contribution >= 0.6 is 0 Å². The van der Waals surface area contributed by atoms with Gasteiger partial charge in [0.2, 0.25) is 0 Å². The monoisotopic (exact) mass is 198 g/mol. The van der Waals surface area contributed by atoms with E-state index < -0.39 is 12.1 Å². The van der Waals surface area contributed by atoms with Crippen molar-refractivity contribution in [3.05, 3.63) is 11.6 Å². The largest absolute Gasteiger partial charge is 0.464 e. The lowest BCUT2D eigenvalue weighted by molar-refractivity contribution is -0.155. The Morgan fingerprint density at radius 2 is 2.50 bits per heavy atom. The molecule has 2 atom stereocenters. The van der Waals surface area contributed by atoms with Gasteiger partial charge in [0.25, 0.3) is 0 Å². The Balaban J connectivity index is 2.58. The maximum absolute atomic E-state index is 11.3. The topological polar surface area (TPSA) is 46.5 Å². The average molecular weight is 198 g/mol. The van der Waals surface area contributed by atoms with Gasteiger partial charge in [-0.25, -0.2) is 4.79 Å². The Morgan fingerprint density at radius 3 is 3.07 bits per heavy atom. The number of carbonyl (C=O) groups is 1. The number of hydrogen-bond donors (Lipinski definition) is 1. The summed E-state index contributed by atoms with van der Waals surface area (Å²) < 4.78 is 4.79. The molecule has 0 fully saturated rings. The van der Waals surface area contributed by atoms with Gasteiger partial charge >= 0.3 is 5.97 Å². The molecule has 1 aliphatic carbocycles. The van der Waals surface area contributed by atoms with E-state index in [4.69, 9.17) is 4.74 Å². The summed E-state index contributed by atoms with van der Waals surface area (Å²) in [7, 11) is 0. The molecule has 0 spiro atoms. The molecule has 1 aliphatic rings. The molecule has 0 heterocycles. The summed E-state index contributed by atoms with van der Waals surface area (Å²) in [5.41, 5.74) is 1.11. The van der Waals surface area contributed by atoms with Crippen molar-refractivity contribution in [1.82, 2.24) is 0 Å². The van der Waals surface area contributed by atoms with Gasteiger partial charge in [-0.1, -0.05) is 11.6 Å². The molecule has 0 saturated carbocycles. The number of rotatable bonds is 3. The molecule has 1 N–H and O–H groups in total. The molecule has 0 saturated heterocycles. The second-order valence-corrected chi connectivity index (χ2v) is 3.68. The Kier molecular flexibility index (Phi) is 4.14. The first-order valence-corrected chi connectivity index (χ1v) is 5.18. The van der Waals surface area contributed by atoms with Crippen LogP contribution in [0.3, 0.4) is 0 Å². The van der Waals surface area contributed by atoms with Crippen LogP contribution in [0.1, 0.15) is 33.1 Å². The lowest BCUT2D eigenvalue weighted by Gasteiger charge is -2.25. The standard InChI is InChI=1S/C11H18O3/c1-3-14-11(13)10(12)9-7-5-4-6-8(9)2/h6,9-10,12H,3-5,7H2,1-2H3/t9-,10-/m1/s1. The number of allylic oxidation sites excluding steroid dienone is 1. The van der Waals surface area contributed by atoms with Gasteiger partial charge in [0.05, 0.1) is 6.61 Å². The molecule has 0 unspecified atom stereocenters. The van der Waals surface area contributed by atoms with Crippen molar-refractivity contribution >= 4 is 5.97 Å². The van der Waals surface area contributed by atoms with Gasteiger partial charge in [0, 0.05) is 5.92 Å². The predicted octanol–water partition coefficient (Wildman–Crippen LogP) is 1.66. The molecule has 0 aromatic heterocycles. The van der Waals surface area contributed by atoms with Crippen LogP contribution < -0.4 is 0 Å². The Morgan fingerprint density at radius 1 is 1.79 bits per heavy atom. The van der Waals surface area contributed by atoms with E-state index >= 15 is 0 Å². The predicted molar refractivity (Wildman–Crippen MR) is 53.7 cm³/mol. The molecule has 3 heteroatoms. The first-order valence-electron chi connectivity index (χ1n) is 5.18. The quantitative estimate of drug-likeness (QED) is 0.554. The minimum atomic E-state index is -0.980. The van der Waals surface area contributed by atoms with Gasteiger partial charge in [0.15, 0.2) is 6.10 Å². The lowest BCUT2D eigenvalue weighted by Crippen LogP contribution is -2.33. The molecule has 1 rings (SSSR count). The van der Waals surface area contributed by atoms with Crippen LogP contribution in [0.25, 0.3) is 0 Å². The highest BCUT2D eigenvalue weighted by atomic mass is 16.5. The van der Waals surface area contributed by atoms with E-state index in [1.807, 2.05) is 6.92 Å². The Bertz CT molecular complexity index is 233. The summed E-state index contributed by atoms with van der Waals surface area (Å²) in [6.07, 6.45) is 4.08. The summed E-state index contributed by atoms with van der Waals surface area (Å²) in [4.78, 5) is 11.3. The van der Waals surface area contributed by atoms with Gasteiger partial charge in [-0.05, 0) is 33.1 Å². The van der Waals surface area contributed by atoms with Gasteiger partial charge in [0.1, 0.15) is 0 Å². The maximum atomic E-state index is 11.3. The van der Waals surface area contributed by atoms with E-state index in [0.29, 0.717) is 6.61 Å². The molecule has 80 valence electrons. The number of hydrogen-bond acceptors (Lipinski definition) is 3. The van der Waals surface area contributed by atoms with E-state index in [0.717, 1.165) is 24.8 Å². The molecule has 0 bridgehead atoms. The van der Waals surface area contributed by atoms with Crippen LogP contribution in [-0.4, -0.2) is 23.8 Å². The third kappa shape index (κ3) is 2.58. The summed E-state index contributed by atoms with van der Waals surface area (Å²) >= 11 is 0. The number of aliphatic hydroxyl groups excluding tert-OH is 1. The molecule has 0 radical (unpaired) electrons. The normalized spacial score (nSPS) is 23.9. The molecule has 0 aliphatic heterocycles. The minimum Gasteiger partial charge on any atom is -0.464 e. The van der Waals surface area contributed by atoms with Crippen LogP contribution in [0.5, 0.6) is 0 Å². The van der Waals surface area contributed by atoms with Crippen molar-refractivity contribution in [2.75, 3.05) is 6.61 Å². The van der Waals surface area contributed by atoms with E-state index in [1.165, 1.54) is 0 Å². The molecular weight excluding hydrogens is 180 g/mol. The van der Waals surface area contributed by atoms with Crippen LogP contribution in [0.4, 0.5) is 0 Å². The van der Waals surface area contributed by atoms with Crippen LogP contribution in [-0.2, 0) is 9.53 Å². The number of ether oxygens (including phenoxy) is 1. The average Bonchev–Trinajstić information content (AvgIpc) is 2.18. The summed E-state index contributed by atoms with van der Waals surface area (Å²) in [5.74, 6) is -0.532. The van der Waals surface area contributed by atoms with Crippen molar-refractivity contribution in [1.29, 1.82) is 0 Å². The molecular formula is C11H18O3. The van der Waals surface area contributed by atoms with Crippen molar-refractivity contribution < 1.29 is 14.6 Å². The number of aliphatic hydroxyl groups is 1. The van der Waals surface area contributed by atoms with E-state index in [9.17, 15) is 9.90 Å². The fraction of sp³-hybridized carbons (Fsp3) is 0.727. The van der Waals surface area contributed by atoms with Crippen molar-refractivity contribution in [2.24, 2.45) is 5.92 Å². The van der Waals surface area contributed by atoms with Crippen molar-refractivity contribution in [2.45, 2.75) is 39.2 Å². The zero-order valence-electron chi connectivity index (χ0n) is 8.82. The van der Waals surface area contributed by atoms with Gasteiger partial charge in [-0.3, -0.25) is 0 Å². The highest BCUT2D eigenvalue weighted by Crippen LogP contribution is 2.27. The second kappa shape index (κ2) is 5.15. The highest BCUT2D eigenvalue weighted by molar-refractivity contribution is 5.75. The van der Waals surface area contributed by atoms with E-state index in [1.54, 1.807) is 6.92 Å². The summed E-state index contributed by atoms with van der Waals surface area (Å²) in [6.45, 7) is 4.03. The van der Waals surface area contributed by atoms with Crippen LogP contribution in [0.15, 0.2) is 11.6 Å². The Labute approximate surface area is 84.8 Å². The van der Waals surface area contributed by atoms with E-state index in [2.05, 4.69) is 6.08 Å². The zero-order valence-corrected chi connectivity index (χ0v) is 8.82. The lowest BCUT2D eigenvalue weighted by atomic mass is 9.84. The van der Waals surface area contributed by atoms with Crippen LogP contribution in [0.2, 0.25) is 0 Å². The maximum Gasteiger partial charge on any atom is 0.335 e. The smallest absolute Gasteiger partial charge is 0.335 e. The fourth-order valence-corrected chi connectivity index (χ4v) is 1.85. The molecule has 14 heavy (non-hydrogen) atoms. The number of esters is 1. The van der Waals surface area contributed by atoms with Crippen LogP contribution in [0, 0.1) is 5.92 Å². The first-order chi connectivity index (χ1) is 6.66. The zero-order chi connectivity index (χ0) is 10.6. The fourth-order valence-electron chi connectivity index (χ4n) is 1.85. The molecule has 3 nitrogen and oxygen atoms in total. The van der Waals surface area contributed by atoms with E-state index in [-0.39, 0.29) is 5.92 Å². The van der Waals surface area contributed by atoms with Crippen molar-refractivity contribution in [3.63, 3.8) is 0 Å². The third-order valence-electron chi connectivity index (χ3n) is 2.68. The first kappa shape index (κ1) is 11.2. The van der Waals surface area contributed by atoms with Gasteiger partial charge in [-0.2, -0.15) is 0 Å². The SMILES string of the molecule is CCOC(=O)[C@H](O)[C@@H]1CCCC=C1C. The van der Waals surface area contributed by atoms with Gasteiger partial charge in [-0.15, -0.1) is 0 Å².